The molecule has 8 heteroatoms. The summed E-state index contributed by atoms with van der Waals surface area (Å²) < 4.78 is 15.1. The molecule has 4 rings (SSSR count). The minimum Gasteiger partial charge on any atom is -0.383 e. The fraction of sp³-hybridized carbons (Fsp3) is 0.273. The van der Waals surface area contributed by atoms with E-state index in [1.54, 1.807) is 22.9 Å². The second-order valence-electron chi connectivity index (χ2n) is 7.52. The van der Waals surface area contributed by atoms with Crippen LogP contribution in [0.25, 0.3) is 5.69 Å². The number of nitrogens with two attached hydrogens (primary N) is 1. The third-order valence-corrected chi connectivity index (χ3v) is 5.55. The quantitative estimate of drug-likeness (QED) is 0.639. The van der Waals surface area contributed by atoms with Gasteiger partial charge in [-0.15, -0.1) is 0 Å². The number of hydrogen-bond donors (Lipinski definition) is 2. The summed E-state index contributed by atoms with van der Waals surface area (Å²) in [6.45, 7) is 3.53. The predicted octanol–water partition coefficient (Wildman–Crippen LogP) is 4.21. The molecule has 2 aromatic carbocycles. The smallest absolute Gasteiger partial charge is 0.261 e. The Kier molecular flexibility index (Phi) is 5.74. The van der Waals surface area contributed by atoms with Crippen molar-refractivity contribution in [2.45, 2.75) is 26.1 Å². The first-order valence-electron chi connectivity index (χ1n) is 9.78. The van der Waals surface area contributed by atoms with Crippen molar-refractivity contribution in [1.29, 1.82) is 0 Å². The summed E-state index contributed by atoms with van der Waals surface area (Å²) in [6.07, 6.45) is 1.17. The van der Waals surface area contributed by atoms with E-state index in [1.165, 1.54) is 6.20 Å². The van der Waals surface area contributed by atoms with Crippen LogP contribution in [0, 0.1) is 6.92 Å². The van der Waals surface area contributed by atoms with Crippen molar-refractivity contribution in [2.24, 2.45) is 0 Å². The normalized spacial score (nSPS) is 16.7. The van der Waals surface area contributed by atoms with Gasteiger partial charge in [-0.1, -0.05) is 29.8 Å². The van der Waals surface area contributed by atoms with E-state index in [4.69, 9.17) is 17.3 Å². The molecule has 6 nitrogen and oxygen atoms in total. The lowest BCUT2D eigenvalue weighted by molar-refractivity contribution is 0.102. The summed E-state index contributed by atoms with van der Waals surface area (Å²) in [5.41, 5.74) is 9.78. The zero-order valence-electron chi connectivity index (χ0n) is 16.6. The molecule has 1 saturated heterocycles. The van der Waals surface area contributed by atoms with Crippen LogP contribution in [-0.4, -0.2) is 39.8 Å². The summed E-state index contributed by atoms with van der Waals surface area (Å²) in [7, 11) is 0. The zero-order chi connectivity index (χ0) is 21.3. The second kappa shape index (κ2) is 8.45. The summed E-state index contributed by atoms with van der Waals surface area (Å²) in [6, 6.07) is 12.9. The highest BCUT2D eigenvalue weighted by Gasteiger charge is 2.23. The molecule has 1 amide bonds. The van der Waals surface area contributed by atoms with Gasteiger partial charge in [0.2, 0.25) is 0 Å². The van der Waals surface area contributed by atoms with Gasteiger partial charge in [-0.2, -0.15) is 5.10 Å². The van der Waals surface area contributed by atoms with E-state index in [9.17, 15) is 9.18 Å². The Morgan fingerprint density at radius 2 is 2.13 bits per heavy atom. The van der Waals surface area contributed by atoms with Crippen molar-refractivity contribution in [1.82, 2.24) is 14.7 Å². The van der Waals surface area contributed by atoms with E-state index < -0.39 is 6.17 Å². The van der Waals surface area contributed by atoms with Gasteiger partial charge < -0.3 is 11.1 Å². The van der Waals surface area contributed by atoms with Crippen LogP contribution in [0.4, 0.5) is 15.9 Å². The van der Waals surface area contributed by atoms with Gasteiger partial charge in [0.15, 0.2) is 0 Å². The Labute approximate surface area is 179 Å². The van der Waals surface area contributed by atoms with E-state index in [-0.39, 0.29) is 17.3 Å². The molecule has 0 unspecified atom stereocenters. The van der Waals surface area contributed by atoms with Crippen molar-refractivity contribution in [3.05, 3.63) is 70.4 Å². The molecule has 0 saturated carbocycles. The number of aryl methyl sites for hydroxylation is 1. The molecule has 3 N–H and O–H groups in total. The highest BCUT2D eigenvalue weighted by atomic mass is 35.5. The first-order chi connectivity index (χ1) is 14.4. The Morgan fingerprint density at radius 1 is 1.33 bits per heavy atom. The van der Waals surface area contributed by atoms with Gasteiger partial charge in [0, 0.05) is 30.3 Å². The summed E-state index contributed by atoms with van der Waals surface area (Å²) in [5, 5.41) is 7.77. The maximum absolute atomic E-state index is 13.5. The number of alkyl halides is 1. The fourth-order valence-electron chi connectivity index (χ4n) is 3.70. The highest BCUT2D eigenvalue weighted by Crippen LogP contribution is 2.26. The van der Waals surface area contributed by atoms with E-state index in [0.717, 1.165) is 16.8 Å². The number of rotatable bonds is 5. The number of nitrogen functional groups attached to an aromatic ring is 1. The van der Waals surface area contributed by atoms with Gasteiger partial charge in [-0.3, -0.25) is 9.69 Å². The van der Waals surface area contributed by atoms with Crippen LogP contribution >= 0.6 is 11.6 Å². The molecule has 0 radical (unpaired) electrons. The number of nitrogens with zero attached hydrogens (tertiary/aromatic N) is 3. The monoisotopic (exact) mass is 427 g/mol. The molecule has 0 spiro atoms. The third kappa shape index (κ3) is 4.17. The van der Waals surface area contributed by atoms with Gasteiger partial charge in [0.1, 0.15) is 17.6 Å². The summed E-state index contributed by atoms with van der Waals surface area (Å²) in [4.78, 5) is 15.0. The lowest BCUT2D eigenvalue weighted by atomic mass is 10.1. The molecule has 2 heterocycles. The molecule has 0 aliphatic carbocycles. The molecule has 1 atom stereocenters. The van der Waals surface area contributed by atoms with Crippen molar-refractivity contribution in [3.8, 4) is 5.69 Å². The number of likely N-dealkylation sites (tertiary alicyclic amines) is 1. The molecular formula is C22H23ClFN5O. The number of hydrogen-bond acceptors (Lipinski definition) is 4. The number of nitrogens with one attached hydrogen (secondary N) is 1. The SMILES string of the molecule is Cc1ccccc1-n1ncc(C(=O)Nc2ccc(Cl)cc2CN2CC[C@@H](F)C2)c1N. The maximum Gasteiger partial charge on any atom is 0.261 e. The Balaban J connectivity index is 1.57. The molecule has 3 aromatic rings. The van der Waals surface area contributed by atoms with Crippen LogP contribution < -0.4 is 11.1 Å². The van der Waals surface area contributed by atoms with Crippen LogP contribution in [0.5, 0.6) is 0 Å². The number of anilines is 2. The molecule has 1 fully saturated rings. The van der Waals surface area contributed by atoms with Crippen LogP contribution in [0.3, 0.4) is 0 Å². The molecule has 1 aromatic heterocycles. The van der Waals surface area contributed by atoms with Gasteiger partial charge in [-0.05, 0) is 48.7 Å². The molecule has 1 aliphatic heterocycles. The topological polar surface area (TPSA) is 76.2 Å². The Hall–Kier alpha value is -2.90. The van der Waals surface area contributed by atoms with Crippen molar-refractivity contribution >= 4 is 29.0 Å². The summed E-state index contributed by atoms with van der Waals surface area (Å²) in [5.74, 6) is -0.0992. The summed E-state index contributed by atoms with van der Waals surface area (Å²) >= 11 is 6.16. The van der Waals surface area contributed by atoms with Gasteiger partial charge >= 0.3 is 0 Å². The number of para-hydroxylation sites is 1. The molecule has 30 heavy (non-hydrogen) atoms. The highest BCUT2D eigenvalue weighted by molar-refractivity contribution is 6.30. The van der Waals surface area contributed by atoms with Gasteiger partial charge in [0.05, 0.1) is 11.9 Å². The van der Waals surface area contributed by atoms with Gasteiger partial charge in [-0.25, -0.2) is 9.07 Å². The number of halogens is 2. The number of benzene rings is 2. The lowest BCUT2D eigenvalue weighted by Gasteiger charge is -2.18. The predicted molar refractivity (Wildman–Crippen MR) is 117 cm³/mol. The third-order valence-electron chi connectivity index (χ3n) is 5.32. The minimum atomic E-state index is -0.811. The largest absolute Gasteiger partial charge is 0.383 e. The van der Waals surface area contributed by atoms with E-state index in [0.29, 0.717) is 36.8 Å². The lowest BCUT2D eigenvalue weighted by Crippen LogP contribution is -2.22. The second-order valence-corrected chi connectivity index (χ2v) is 7.95. The Bertz CT molecular complexity index is 1080. The van der Waals surface area contributed by atoms with Gasteiger partial charge in [0.25, 0.3) is 5.91 Å². The van der Waals surface area contributed by atoms with Crippen molar-refractivity contribution < 1.29 is 9.18 Å². The molecular weight excluding hydrogens is 405 g/mol. The first kappa shape index (κ1) is 20.4. The van der Waals surface area contributed by atoms with Crippen LogP contribution in [0.15, 0.2) is 48.7 Å². The van der Waals surface area contributed by atoms with Crippen LogP contribution in [0.1, 0.15) is 27.9 Å². The van der Waals surface area contributed by atoms with Crippen LogP contribution in [-0.2, 0) is 6.54 Å². The maximum atomic E-state index is 13.5. The number of carbonyl (C=O) groups is 1. The van der Waals surface area contributed by atoms with E-state index >= 15 is 0 Å². The minimum absolute atomic E-state index is 0.261. The first-order valence-corrected chi connectivity index (χ1v) is 10.2. The average Bonchev–Trinajstić information content (AvgIpc) is 3.29. The van der Waals surface area contributed by atoms with Crippen molar-refractivity contribution in [3.63, 3.8) is 0 Å². The van der Waals surface area contributed by atoms with Crippen molar-refractivity contribution in [2.75, 3.05) is 24.1 Å². The number of amides is 1. The fourth-order valence-corrected chi connectivity index (χ4v) is 3.90. The molecule has 156 valence electrons. The van der Waals surface area contributed by atoms with Crippen LogP contribution in [0.2, 0.25) is 5.02 Å². The number of carbonyl (C=O) groups excluding carboxylic acids is 1. The number of aromatic nitrogens is 2. The zero-order valence-corrected chi connectivity index (χ0v) is 17.4. The van der Waals surface area contributed by atoms with E-state index in [1.807, 2.05) is 36.1 Å². The van der Waals surface area contributed by atoms with E-state index in [2.05, 4.69) is 10.4 Å². The molecule has 1 aliphatic rings. The average molecular weight is 428 g/mol. The molecule has 0 bridgehead atoms. The Morgan fingerprint density at radius 3 is 2.87 bits per heavy atom. The standard InChI is InChI=1S/C22H23ClFN5O/c1-14-4-2-3-5-20(14)29-21(25)18(11-26-29)22(30)27-19-7-6-16(23)10-15(19)12-28-9-8-17(24)13-28/h2-7,10-11,17H,8-9,12-13,25H2,1H3,(H,27,30)/t17-/m1/s1.